The number of furan rings is 1. The Morgan fingerprint density at radius 3 is 2.88 bits per heavy atom. The standard InChI is InChI=1S/C17H15FN2O3S/c18-12-3-5-14(6-4-12)23-10-16-20-15(11-24-16)17(21)19-8-7-13-2-1-9-22-13/h1-6,9,11H,7-8,10H2,(H,19,21). The third-order valence-electron chi connectivity index (χ3n) is 3.20. The molecule has 1 aromatic carbocycles. The lowest BCUT2D eigenvalue weighted by molar-refractivity contribution is 0.0949. The predicted octanol–water partition coefficient (Wildman–Crippen LogP) is 3.43. The van der Waals surface area contributed by atoms with E-state index in [2.05, 4.69) is 10.3 Å². The van der Waals surface area contributed by atoms with Gasteiger partial charge in [0.2, 0.25) is 0 Å². The van der Waals surface area contributed by atoms with E-state index in [-0.39, 0.29) is 18.3 Å². The second kappa shape index (κ2) is 7.74. The zero-order valence-corrected chi connectivity index (χ0v) is 13.5. The molecule has 0 unspecified atom stereocenters. The Balaban J connectivity index is 1.47. The van der Waals surface area contributed by atoms with Gasteiger partial charge in [-0.15, -0.1) is 11.3 Å². The summed E-state index contributed by atoms with van der Waals surface area (Å²) in [6.45, 7) is 0.710. The van der Waals surface area contributed by atoms with E-state index < -0.39 is 0 Å². The largest absolute Gasteiger partial charge is 0.486 e. The van der Waals surface area contributed by atoms with Crippen molar-refractivity contribution in [3.63, 3.8) is 0 Å². The van der Waals surface area contributed by atoms with Crippen LogP contribution in [0.25, 0.3) is 0 Å². The zero-order valence-electron chi connectivity index (χ0n) is 12.7. The lowest BCUT2D eigenvalue weighted by Gasteiger charge is -2.03. The van der Waals surface area contributed by atoms with Crippen molar-refractivity contribution in [2.45, 2.75) is 13.0 Å². The van der Waals surface area contributed by atoms with Gasteiger partial charge in [-0.05, 0) is 36.4 Å². The Labute approximate surface area is 142 Å². The quantitative estimate of drug-likeness (QED) is 0.712. The third-order valence-corrected chi connectivity index (χ3v) is 4.02. The highest BCUT2D eigenvalue weighted by atomic mass is 32.1. The average molecular weight is 346 g/mol. The molecule has 7 heteroatoms. The second-order valence-corrected chi connectivity index (χ2v) is 5.90. The number of hydrogen-bond acceptors (Lipinski definition) is 5. The summed E-state index contributed by atoms with van der Waals surface area (Å²) < 4.78 is 23.5. The molecule has 0 saturated carbocycles. The van der Waals surface area contributed by atoms with Crippen LogP contribution >= 0.6 is 11.3 Å². The molecule has 3 aromatic rings. The minimum Gasteiger partial charge on any atom is -0.486 e. The van der Waals surface area contributed by atoms with E-state index in [1.807, 2.05) is 12.1 Å². The van der Waals surface area contributed by atoms with Gasteiger partial charge in [0.25, 0.3) is 5.91 Å². The molecule has 3 rings (SSSR count). The van der Waals surface area contributed by atoms with Crippen molar-refractivity contribution in [1.29, 1.82) is 0 Å². The van der Waals surface area contributed by atoms with Crippen LogP contribution in [0.5, 0.6) is 5.75 Å². The van der Waals surface area contributed by atoms with Gasteiger partial charge >= 0.3 is 0 Å². The first kappa shape index (κ1) is 16.2. The SMILES string of the molecule is O=C(NCCc1ccco1)c1csc(COc2ccc(F)cc2)n1. The van der Waals surface area contributed by atoms with E-state index in [0.29, 0.717) is 29.4 Å². The lowest BCUT2D eigenvalue weighted by Crippen LogP contribution is -2.25. The first-order chi connectivity index (χ1) is 11.7. The van der Waals surface area contributed by atoms with Crippen LogP contribution in [0.4, 0.5) is 4.39 Å². The molecule has 0 bridgehead atoms. The van der Waals surface area contributed by atoms with Crippen molar-refractivity contribution in [3.05, 3.63) is 70.3 Å². The number of carbonyl (C=O) groups excluding carboxylic acids is 1. The maximum absolute atomic E-state index is 12.8. The molecule has 2 heterocycles. The van der Waals surface area contributed by atoms with Crippen molar-refractivity contribution < 1.29 is 18.3 Å². The van der Waals surface area contributed by atoms with Crippen LogP contribution in [0.15, 0.2) is 52.5 Å². The minimum absolute atomic E-state index is 0.231. The van der Waals surface area contributed by atoms with Gasteiger partial charge in [0.05, 0.1) is 6.26 Å². The van der Waals surface area contributed by atoms with E-state index in [9.17, 15) is 9.18 Å². The molecule has 0 radical (unpaired) electrons. The van der Waals surface area contributed by atoms with Crippen molar-refractivity contribution in [2.75, 3.05) is 6.54 Å². The maximum atomic E-state index is 12.8. The molecule has 0 aliphatic rings. The summed E-state index contributed by atoms with van der Waals surface area (Å²) in [5.41, 5.74) is 0.358. The van der Waals surface area contributed by atoms with Gasteiger partial charge in [0, 0.05) is 18.3 Å². The fourth-order valence-electron chi connectivity index (χ4n) is 2.00. The molecule has 0 fully saturated rings. The fourth-order valence-corrected chi connectivity index (χ4v) is 2.69. The molecule has 0 aliphatic carbocycles. The molecule has 0 atom stereocenters. The predicted molar refractivity (Wildman–Crippen MR) is 87.6 cm³/mol. The van der Waals surface area contributed by atoms with Crippen LogP contribution in [0.2, 0.25) is 0 Å². The highest BCUT2D eigenvalue weighted by Crippen LogP contribution is 2.16. The Morgan fingerprint density at radius 1 is 1.29 bits per heavy atom. The van der Waals surface area contributed by atoms with Gasteiger partial charge in [0.1, 0.15) is 34.6 Å². The molecule has 1 amide bonds. The summed E-state index contributed by atoms with van der Waals surface area (Å²) in [6, 6.07) is 9.42. The number of nitrogens with zero attached hydrogens (tertiary/aromatic N) is 1. The molecule has 124 valence electrons. The first-order valence-electron chi connectivity index (χ1n) is 7.34. The summed E-state index contributed by atoms with van der Waals surface area (Å²) in [4.78, 5) is 16.3. The van der Waals surface area contributed by atoms with Gasteiger partial charge in [0.15, 0.2) is 0 Å². The molecule has 0 aliphatic heterocycles. The van der Waals surface area contributed by atoms with Crippen molar-refractivity contribution in [2.24, 2.45) is 0 Å². The second-order valence-electron chi connectivity index (χ2n) is 4.95. The number of benzene rings is 1. The third kappa shape index (κ3) is 4.42. The highest BCUT2D eigenvalue weighted by Gasteiger charge is 2.11. The number of nitrogens with one attached hydrogen (secondary N) is 1. The summed E-state index contributed by atoms with van der Waals surface area (Å²) >= 11 is 1.34. The number of thiazole rings is 1. The average Bonchev–Trinajstić information content (AvgIpc) is 3.26. The first-order valence-corrected chi connectivity index (χ1v) is 8.22. The van der Waals surface area contributed by atoms with Crippen molar-refractivity contribution in [3.8, 4) is 5.75 Å². The molecular weight excluding hydrogens is 331 g/mol. The number of ether oxygens (including phenoxy) is 1. The summed E-state index contributed by atoms with van der Waals surface area (Å²) in [7, 11) is 0. The van der Waals surface area contributed by atoms with E-state index in [1.54, 1.807) is 23.8 Å². The van der Waals surface area contributed by atoms with Crippen LogP contribution in [-0.2, 0) is 13.0 Å². The highest BCUT2D eigenvalue weighted by molar-refractivity contribution is 7.09. The molecule has 0 spiro atoms. The summed E-state index contributed by atoms with van der Waals surface area (Å²) in [5.74, 6) is 0.828. The van der Waals surface area contributed by atoms with E-state index >= 15 is 0 Å². The zero-order chi connectivity index (χ0) is 16.8. The number of amides is 1. The van der Waals surface area contributed by atoms with E-state index in [0.717, 1.165) is 5.76 Å². The van der Waals surface area contributed by atoms with Gasteiger partial charge in [-0.3, -0.25) is 4.79 Å². The molecule has 2 aromatic heterocycles. The van der Waals surface area contributed by atoms with Crippen molar-refractivity contribution >= 4 is 17.2 Å². The Hall–Kier alpha value is -2.67. The number of aromatic nitrogens is 1. The van der Waals surface area contributed by atoms with Crippen LogP contribution in [0, 0.1) is 5.82 Å². The summed E-state index contributed by atoms with van der Waals surface area (Å²) in [6.07, 6.45) is 2.23. The minimum atomic E-state index is -0.315. The fraction of sp³-hybridized carbons (Fsp3) is 0.176. The molecular formula is C17H15FN2O3S. The van der Waals surface area contributed by atoms with E-state index in [4.69, 9.17) is 9.15 Å². The molecule has 1 N–H and O–H groups in total. The number of hydrogen-bond donors (Lipinski definition) is 1. The number of halogens is 1. The van der Waals surface area contributed by atoms with Crippen LogP contribution in [-0.4, -0.2) is 17.4 Å². The number of carbonyl (C=O) groups is 1. The smallest absolute Gasteiger partial charge is 0.270 e. The van der Waals surface area contributed by atoms with Gasteiger partial charge in [-0.2, -0.15) is 0 Å². The summed E-state index contributed by atoms with van der Waals surface area (Å²) in [5, 5.41) is 5.16. The van der Waals surface area contributed by atoms with Crippen LogP contribution in [0.3, 0.4) is 0 Å². The lowest BCUT2D eigenvalue weighted by atomic mass is 10.3. The van der Waals surface area contributed by atoms with Gasteiger partial charge in [-0.1, -0.05) is 0 Å². The molecule has 0 saturated heterocycles. The normalized spacial score (nSPS) is 10.5. The molecule has 24 heavy (non-hydrogen) atoms. The van der Waals surface area contributed by atoms with E-state index in [1.165, 1.54) is 23.5 Å². The molecule has 5 nitrogen and oxygen atoms in total. The Kier molecular flexibility index (Phi) is 5.22. The Bertz CT molecular complexity index is 785. The van der Waals surface area contributed by atoms with Gasteiger partial charge < -0.3 is 14.5 Å². The maximum Gasteiger partial charge on any atom is 0.270 e. The number of rotatable bonds is 7. The topological polar surface area (TPSA) is 64.4 Å². The monoisotopic (exact) mass is 346 g/mol. The van der Waals surface area contributed by atoms with Crippen LogP contribution in [0.1, 0.15) is 21.3 Å². The van der Waals surface area contributed by atoms with Crippen LogP contribution < -0.4 is 10.1 Å². The van der Waals surface area contributed by atoms with Crippen molar-refractivity contribution in [1.82, 2.24) is 10.3 Å². The van der Waals surface area contributed by atoms with Gasteiger partial charge in [-0.25, -0.2) is 9.37 Å². The Morgan fingerprint density at radius 2 is 2.12 bits per heavy atom.